The number of rotatable bonds is 4. The fraction of sp³-hybridized carbons (Fsp3) is 0.100. The van der Waals surface area contributed by atoms with Crippen LogP contribution in [0, 0.1) is 0 Å². The number of aliphatic hydroxyl groups is 1. The summed E-state index contributed by atoms with van der Waals surface area (Å²) in [5.41, 5.74) is 6.14. The number of nitrogens with zero attached hydrogens (tertiary/aromatic N) is 1. The maximum absolute atomic E-state index is 12.6. The molecule has 3 aromatic rings. The van der Waals surface area contributed by atoms with Crippen molar-refractivity contribution in [3.8, 4) is 11.1 Å². The van der Waals surface area contributed by atoms with Crippen LogP contribution in [0.4, 0.5) is 5.69 Å². The molecule has 1 aromatic carbocycles. The largest absolute Gasteiger partial charge is 0.396 e. The van der Waals surface area contributed by atoms with Crippen LogP contribution in [0.25, 0.3) is 22.8 Å². The second-order valence-corrected chi connectivity index (χ2v) is 5.87. The smallest absolute Gasteiger partial charge is 0.256 e. The Bertz CT molecular complexity index is 958. The van der Waals surface area contributed by atoms with Crippen molar-refractivity contribution in [2.24, 2.45) is 0 Å². The van der Waals surface area contributed by atoms with Crippen LogP contribution in [-0.4, -0.2) is 27.6 Å². The Labute approximate surface area is 145 Å². The van der Waals surface area contributed by atoms with E-state index in [-0.39, 0.29) is 12.5 Å². The molecule has 0 saturated heterocycles. The van der Waals surface area contributed by atoms with E-state index in [1.807, 2.05) is 48.7 Å². The quantitative estimate of drug-likeness (QED) is 0.643. The van der Waals surface area contributed by atoms with Crippen molar-refractivity contribution >= 4 is 23.2 Å². The molecule has 1 amide bonds. The number of benzene rings is 1. The van der Waals surface area contributed by atoms with E-state index in [1.54, 1.807) is 12.4 Å². The SMILES string of the molecule is O=C1Nc2cccc(-c3ccncc3)c2C1=Cc1[nH]ccc1CCO. The molecule has 0 radical (unpaired) electrons. The van der Waals surface area contributed by atoms with Gasteiger partial charge < -0.3 is 15.4 Å². The van der Waals surface area contributed by atoms with E-state index >= 15 is 0 Å². The number of aromatic amines is 1. The van der Waals surface area contributed by atoms with E-state index in [0.29, 0.717) is 12.0 Å². The van der Waals surface area contributed by atoms with Gasteiger partial charge in [0.15, 0.2) is 0 Å². The molecule has 0 bridgehead atoms. The maximum atomic E-state index is 12.6. The van der Waals surface area contributed by atoms with E-state index in [2.05, 4.69) is 15.3 Å². The molecule has 0 fully saturated rings. The minimum Gasteiger partial charge on any atom is -0.396 e. The first-order valence-electron chi connectivity index (χ1n) is 8.12. The molecule has 25 heavy (non-hydrogen) atoms. The summed E-state index contributed by atoms with van der Waals surface area (Å²) in [4.78, 5) is 19.8. The van der Waals surface area contributed by atoms with E-state index in [4.69, 9.17) is 0 Å². The summed E-state index contributed by atoms with van der Waals surface area (Å²) in [7, 11) is 0. The van der Waals surface area contributed by atoms with Gasteiger partial charge in [0.05, 0.1) is 5.57 Å². The molecule has 3 heterocycles. The molecule has 0 spiro atoms. The van der Waals surface area contributed by atoms with Crippen molar-refractivity contribution in [3.63, 3.8) is 0 Å². The number of nitrogens with one attached hydrogen (secondary N) is 2. The second-order valence-electron chi connectivity index (χ2n) is 5.87. The molecule has 0 aliphatic carbocycles. The topological polar surface area (TPSA) is 78.0 Å². The number of aromatic nitrogens is 2. The molecule has 1 aliphatic heterocycles. The predicted octanol–water partition coefficient (Wildman–Crippen LogP) is 3.10. The maximum Gasteiger partial charge on any atom is 0.256 e. The Morgan fingerprint density at radius 3 is 2.76 bits per heavy atom. The Hall–Kier alpha value is -3.18. The van der Waals surface area contributed by atoms with Gasteiger partial charge in [0.2, 0.25) is 0 Å². The molecule has 4 rings (SSSR count). The Balaban J connectivity index is 1.87. The highest BCUT2D eigenvalue weighted by molar-refractivity contribution is 6.36. The van der Waals surface area contributed by atoms with E-state index < -0.39 is 0 Å². The standard InChI is InChI=1S/C20H17N3O2/c24-11-7-14-6-10-22-18(14)12-16-19-15(13-4-8-21-9-5-13)2-1-3-17(19)23-20(16)25/h1-6,8-10,12,22,24H,7,11H2,(H,23,25). The molecular formula is C20H17N3O2. The van der Waals surface area contributed by atoms with Gasteiger partial charge in [0, 0.05) is 42.1 Å². The Kier molecular flexibility index (Phi) is 3.91. The average Bonchev–Trinajstić information content (AvgIpc) is 3.21. The fourth-order valence-corrected chi connectivity index (χ4v) is 3.19. The van der Waals surface area contributed by atoms with Crippen molar-refractivity contribution in [2.75, 3.05) is 11.9 Å². The highest BCUT2D eigenvalue weighted by Crippen LogP contribution is 2.40. The van der Waals surface area contributed by atoms with Crippen LogP contribution < -0.4 is 5.32 Å². The number of aliphatic hydroxyl groups excluding tert-OH is 1. The number of amides is 1. The number of carbonyl (C=O) groups excluding carboxylic acids is 1. The first-order chi connectivity index (χ1) is 12.3. The van der Waals surface area contributed by atoms with Crippen molar-refractivity contribution < 1.29 is 9.90 Å². The molecule has 1 aliphatic rings. The molecule has 124 valence electrons. The number of fused-ring (bicyclic) bond motifs is 1. The highest BCUT2D eigenvalue weighted by atomic mass is 16.3. The van der Waals surface area contributed by atoms with E-state index in [9.17, 15) is 9.90 Å². The van der Waals surface area contributed by atoms with Crippen LogP contribution in [0.15, 0.2) is 55.0 Å². The van der Waals surface area contributed by atoms with E-state index in [0.717, 1.165) is 33.6 Å². The van der Waals surface area contributed by atoms with Gasteiger partial charge >= 0.3 is 0 Å². The normalized spacial score (nSPS) is 14.6. The summed E-state index contributed by atoms with van der Waals surface area (Å²) in [6.45, 7) is 0.0685. The van der Waals surface area contributed by atoms with Gasteiger partial charge in [-0.15, -0.1) is 0 Å². The van der Waals surface area contributed by atoms with Crippen LogP contribution in [0.3, 0.4) is 0 Å². The van der Waals surface area contributed by atoms with Crippen molar-refractivity contribution in [1.82, 2.24) is 9.97 Å². The van der Waals surface area contributed by atoms with Crippen LogP contribution in [0.2, 0.25) is 0 Å². The molecular weight excluding hydrogens is 314 g/mol. The number of anilines is 1. The summed E-state index contributed by atoms with van der Waals surface area (Å²) in [6.07, 6.45) is 7.71. The molecule has 3 N–H and O–H groups in total. The summed E-state index contributed by atoms with van der Waals surface area (Å²) in [5.74, 6) is -0.124. The lowest BCUT2D eigenvalue weighted by Crippen LogP contribution is -2.04. The van der Waals surface area contributed by atoms with Crippen LogP contribution >= 0.6 is 0 Å². The van der Waals surface area contributed by atoms with Crippen molar-refractivity contribution in [2.45, 2.75) is 6.42 Å². The van der Waals surface area contributed by atoms with Crippen molar-refractivity contribution in [3.05, 3.63) is 71.8 Å². The van der Waals surface area contributed by atoms with Crippen LogP contribution in [-0.2, 0) is 11.2 Å². The Morgan fingerprint density at radius 1 is 1.12 bits per heavy atom. The van der Waals surface area contributed by atoms with Crippen molar-refractivity contribution in [1.29, 1.82) is 0 Å². The third-order valence-electron chi connectivity index (χ3n) is 4.36. The first kappa shape index (κ1) is 15.4. The molecule has 5 heteroatoms. The number of carbonyl (C=O) groups is 1. The van der Waals surface area contributed by atoms with Gasteiger partial charge in [-0.2, -0.15) is 0 Å². The third-order valence-corrected chi connectivity index (χ3v) is 4.36. The summed E-state index contributed by atoms with van der Waals surface area (Å²) >= 11 is 0. The number of hydrogen-bond acceptors (Lipinski definition) is 3. The number of H-pyrrole nitrogens is 1. The fourth-order valence-electron chi connectivity index (χ4n) is 3.19. The lowest BCUT2D eigenvalue weighted by atomic mass is 9.94. The van der Waals surface area contributed by atoms with Gasteiger partial charge in [-0.1, -0.05) is 12.1 Å². The summed E-state index contributed by atoms with van der Waals surface area (Å²) < 4.78 is 0. The molecule has 0 unspecified atom stereocenters. The van der Waals surface area contributed by atoms with Gasteiger partial charge in [0.25, 0.3) is 5.91 Å². The molecule has 5 nitrogen and oxygen atoms in total. The predicted molar refractivity (Wildman–Crippen MR) is 97.8 cm³/mol. The zero-order valence-electron chi connectivity index (χ0n) is 13.5. The van der Waals surface area contributed by atoms with Crippen LogP contribution in [0.5, 0.6) is 0 Å². The lowest BCUT2D eigenvalue weighted by molar-refractivity contribution is -0.110. The highest BCUT2D eigenvalue weighted by Gasteiger charge is 2.27. The molecule has 0 atom stereocenters. The summed E-state index contributed by atoms with van der Waals surface area (Å²) in [5, 5.41) is 12.1. The lowest BCUT2D eigenvalue weighted by Gasteiger charge is -2.08. The Morgan fingerprint density at radius 2 is 1.96 bits per heavy atom. The zero-order chi connectivity index (χ0) is 17.2. The minimum absolute atomic E-state index is 0.0685. The first-order valence-corrected chi connectivity index (χ1v) is 8.12. The monoisotopic (exact) mass is 331 g/mol. The van der Waals surface area contributed by atoms with Gasteiger partial charge in [-0.3, -0.25) is 9.78 Å². The zero-order valence-corrected chi connectivity index (χ0v) is 13.5. The van der Waals surface area contributed by atoms with Gasteiger partial charge in [0.1, 0.15) is 0 Å². The van der Waals surface area contributed by atoms with E-state index in [1.165, 1.54) is 0 Å². The number of hydrogen-bond donors (Lipinski definition) is 3. The van der Waals surface area contributed by atoms with Crippen LogP contribution in [0.1, 0.15) is 16.8 Å². The van der Waals surface area contributed by atoms with Gasteiger partial charge in [-0.05, 0) is 53.5 Å². The average molecular weight is 331 g/mol. The minimum atomic E-state index is -0.124. The molecule has 0 saturated carbocycles. The number of pyridine rings is 1. The third kappa shape index (κ3) is 2.75. The second kappa shape index (κ2) is 6.37. The summed E-state index contributed by atoms with van der Waals surface area (Å²) in [6, 6.07) is 11.6. The van der Waals surface area contributed by atoms with Gasteiger partial charge in [-0.25, -0.2) is 0 Å². The molecule has 2 aromatic heterocycles.